The summed E-state index contributed by atoms with van der Waals surface area (Å²) in [5.41, 5.74) is 5.65. The number of hydrogen-bond acceptors (Lipinski definition) is 13. The fraction of sp³-hybridized carbons (Fsp3) is 0.716. The minimum absolute atomic E-state index is 0. The van der Waals surface area contributed by atoms with Crippen molar-refractivity contribution in [1.29, 1.82) is 0 Å². The third-order valence-corrected chi connectivity index (χ3v) is 17.9. The van der Waals surface area contributed by atoms with Crippen molar-refractivity contribution in [2.75, 3.05) is 9.80 Å². The van der Waals surface area contributed by atoms with Gasteiger partial charge in [0.2, 0.25) is 11.8 Å². The average molecular weight is 1220 g/mol. The van der Waals surface area contributed by atoms with Gasteiger partial charge >= 0.3 is 30.0 Å². The number of hydrogen-bond donors (Lipinski definition) is 4. The number of nitrogens with one attached hydrogen (secondary N) is 1. The number of thiophene rings is 2. The molecule has 0 spiro atoms. The zero-order chi connectivity index (χ0) is 61.9. The Balaban J connectivity index is 0.000000441. The van der Waals surface area contributed by atoms with Gasteiger partial charge in [-0.25, -0.2) is 19.2 Å². The Labute approximate surface area is 517 Å². The van der Waals surface area contributed by atoms with Crippen LogP contribution in [0, 0.1) is 70.0 Å². The van der Waals surface area contributed by atoms with Gasteiger partial charge in [0.05, 0.1) is 21.1 Å². The quantitative estimate of drug-likeness (QED) is 0.0739. The first-order valence-electron chi connectivity index (χ1n) is 30.2. The van der Waals surface area contributed by atoms with Crippen molar-refractivity contribution in [3.05, 3.63) is 31.6 Å². The van der Waals surface area contributed by atoms with Crippen LogP contribution >= 0.6 is 22.7 Å². The summed E-state index contributed by atoms with van der Waals surface area (Å²) in [5.74, 6) is 10.2. The summed E-state index contributed by atoms with van der Waals surface area (Å²) in [6, 6.07) is 1.63. The Morgan fingerprint density at radius 2 is 0.918 bits per heavy atom. The lowest BCUT2D eigenvalue weighted by Gasteiger charge is -2.39. The maximum Gasteiger partial charge on any atom is 0.408 e. The van der Waals surface area contributed by atoms with Crippen molar-refractivity contribution in [2.45, 2.75) is 263 Å². The summed E-state index contributed by atoms with van der Waals surface area (Å²) in [7, 11) is 0. The van der Waals surface area contributed by atoms with Crippen molar-refractivity contribution in [3.63, 3.8) is 0 Å². The number of aromatic carboxylic acids is 2. The molecular weight excluding hydrogens is 1120 g/mol. The van der Waals surface area contributed by atoms with E-state index in [1.807, 2.05) is 69.2 Å². The van der Waals surface area contributed by atoms with Gasteiger partial charge in [-0.1, -0.05) is 80.1 Å². The van der Waals surface area contributed by atoms with Crippen LogP contribution in [-0.4, -0.2) is 94.0 Å². The van der Waals surface area contributed by atoms with Crippen molar-refractivity contribution in [1.82, 2.24) is 5.32 Å². The van der Waals surface area contributed by atoms with E-state index in [-0.39, 0.29) is 101 Å². The van der Waals surface area contributed by atoms with E-state index in [0.717, 1.165) is 74.0 Å². The lowest BCUT2D eigenvalue weighted by molar-refractivity contribution is -0.155. The zero-order valence-electron chi connectivity index (χ0n) is 52.2. The first-order valence-corrected chi connectivity index (χ1v) is 31.9. The Kier molecular flexibility index (Phi) is 27.8. The molecule has 6 rings (SSSR count). The van der Waals surface area contributed by atoms with Gasteiger partial charge < -0.3 is 45.3 Å². The Morgan fingerprint density at radius 3 is 1.22 bits per heavy atom. The maximum atomic E-state index is 14.2. The second kappa shape index (κ2) is 32.0. The smallest absolute Gasteiger partial charge is 0.408 e. The van der Waals surface area contributed by atoms with E-state index in [2.05, 4.69) is 42.8 Å². The number of carboxylic acid groups (broad SMARTS) is 2. The topological polar surface area (TPSA) is 232 Å². The van der Waals surface area contributed by atoms with Gasteiger partial charge in [0.25, 0.3) is 0 Å². The molecule has 85 heavy (non-hydrogen) atoms. The van der Waals surface area contributed by atoms with Crippen LogP contribution in [0.25, 0.3) is 0 Å². The molecule has 0 saturated heterocycles. The SMILES string of the molecule is C.C.CC1CCC(C(=O)N(c2cc(C#CC(C)(C)C)sc2C(=O)O)C2CCC(OC(=O)[C@H](N)C(C)C)CC2)CC1.CC1CCC(C(=O)N(c2cc(C#CC(C)(C)C)sc2C(=O)O)C2CCC(OC(=O)[C@H](NC(=O)OC(C)(C)C)C(C)C)CC2)CC1. The number of carbonyl (C=O) groups is 7. The van der Waals surface area contributed by atoms with Gasteiger partial charge in [-0.3, -0.25) is 14.4 Å². The van der Waals surface area contributed by atoms with Crippen LogP contribution in [0.2, 0.25) is 0 Å². The van der Waals surface area contributed by atoms with Gasteiger partial charge in [0, 0.05) is 34.7 Å². The van der Waals surface area contributed by atoms with Crippen molar-refractivity contribution in [2.24, 2.45) is 52.1 Å². The van der Waals surface area contributed by atoms with E-state index in [1.54, 1.807) is 42.7 Å². The Hall–Kier alpha value is -5.43. The third-order valence-electron chi connectivity index (χ3n) is 15.8. The third kappa shape index (κ3) is 22.3. The average Bonchev–Trinajstić information content (AvgIpc) is 2.06. The van der Waals surface area contributed by atoms with E-state index < -0.39 is 41.7 Å². The highest BCUT2D eigenvalue weighted by Crippen LogP contribution is 2.42. The highest BCUT2D eigenvalue weighted by atomic mass is 32.1. The van der Waals surface area contributed by atoms with Gasteiger partial charge in [0.1, 0.15) is 39.6 Å². The number of anilines is 2. The number of esters is 2. The summed E-state index contributed by atoms with van der Waals surface area (Å²) >= 11 is 2.24. The fourth-order valence-electron chi connectivity index (χ4n) is 11.0. The summed E-state index contributed by atoms with van der Waals surface area (Å²) < 4.78 is 16.9. The number of alkyl carbamates (subject to hydrolysis) is 1. The van der Waals surface area contributed by atoms with Crippen LogP contribution in [0.4, 0.5) is 16.2 Å². The van der Waals surface area contributed by atoms with Crippen LogP contribution < -0.4 is 20.9 Å². The molecule has 5 N–H and O–H groups in total. The van der Waals surface area contributed by atoms with Crippen LogP contribution in [0.1, 0.15) is 251 Å². The van der Waals surface area contributed by atoms with E-state index >= 15 is 0 Å². The van der Waals surface area contributed by atoms with Crippen molar-refractivity contribution >= 4 is 75.8 Å². The van der Waals surface area contributed by atoms with Gasteiger partial charge in [0.15, 0.2) is 0 Å². The molecule has 0 bridgehead atoms. The predicted molar refractivity (Wildman–Crippen MR) is 341 cm³/mol. The monoisotopic (exact) mass is 1220 g/mol. The van der Waals surface area contributed by atoms with E-state index in [1.165, 1.54) is 0 Å². The molecule has 4 aliphatic carbocycles. The Bertz CT molecular complexity index is 2710. The molecule has 4 fully saturated rings. The minimum atomic E-state index is -1.08. The normalized spacial score (nSPS) is 23.2. The molecule has 0 unspecified atom stereocenters. The summed E-state index contributed by atoms with van der Waals surface area (Å²) in [4.78, 5) is 95.9. The molecule has 16 nitrogen and oxygen atoms in total. The lowest BCUT2D eigenvalue weighted by Crippen LogP contribution is -2.49. The highest BCUT2D eigenvalue weighted by Gasteiger charge is 2.41. The molecule has 4 aliphatic rings. The second-order valence-electron chi connectivity index (χ2n) is 27.5. The molecule has 2 aromatic rings. The first-order chi connectivity index (χ1) is 38.6. The van der Waals surface area contributed by atoms with E-state index in [0.29, 0.717) is 84.3 Å². The first kappa shape index (κ1) is 73.8. The molecule has 476 valence electrons. The minimum Gasteiger partial charge on any atom is -0.477 e. The molecule has 0 aliphatic heterocycles. The number of nitrogens with zero attached hydrogens (tertiary/aromatic N) is 2. The largest absolute Gasteiger partial charge is 0.477 e. The Morgan fingerprint density at radius 1 is 0.565 bits per heavy atom. The molecule has 0 aromatic carbocycles. The molecular formula is C67H104N4O12S2. The number of amides is 3. The summed E-state index contributed by atoms with van der Waals surface area (Å²) in [5, 5.41) is 22.9. The standard InChI is InChI=1S/C35H52N2O7S.C30H44N2O5S.2CH4/c1-21(2)28(36-33(42)44-35(7,8)9)32(41)43-25-16-14-24(15-17-25)37(30(38)23-12-10-22(3)11-13-23)27-20-26(18-19-34(4,5)6)45-29(27)31(39)40;1-18(2)25(31)29(36)37-22-13-11-21(12-14-22)32(27(33)20-9-7-19(3)8-10-20)24-17-23(15-16-30(4,5)6)38-26(24)28(34)35;;/h20-25,28H,10-17H2,1-9H3,(H,36,42)(H,39,40);17-22,25H,7-14,31H2,1-6H3,(H,34,35);2*1H4/t22?,23?,24?,25?,28-;19?,20?,21?,22?,25-;;/m11../s1. The van der Waals surface area contributed by atoms with Crippen molar-refractivity contribution in [3.8, 4) is 23.7 Å². The second-order valence-corrected chi connectivity index (χ2v) is 29.6. The van der Waals surface area contributed by atoms with Crippen LogP contribution in [-0.2, 0) is 33.4 Å². The van der Waals surface area contributed by atoms with Crippen LogP contribution in [0.15, 0.2) is 12.1 Å². The molecule has 4 saturated carbocycles. The van der Waals surface area contributed by atoms with Crippen molar-refractivity contribution < 1.29 is 58.0 Å². The molecule has 3 amide bonds. The van der Waals surface area contributed by atoms with Crippen LogP contribution in [0.3, 0.4) is 0 Å². The number of nitrogens with two attached hydrogens (primary N) is 1. The molecule has 2 heterocycles. The highest BCUT2D eigenvalue weighted by molar-refractivity contribution is 7.15. The number of carbonyl (C=O) groups excluding carboxylic acids is 5. The number of rotatable bonds is 15. The number of ether oxygens (including phenoxy) is 3. The molecule has 2 atom stereocenters. The fourth-order valence-corrected chi connectivity index (χ4v) is 12.7. The van der Waals surface area contributed by atoms with Gasteiger partial charge in [-0.15, -0.1) is 22.7 Å². The lowest BCUT2D eigenvalue weighted by atomic mass is 9.81. The van der Waals surface area contributed by atoms with Crippen LogP contribution in [0.5, 0.6) is 0 Å². The molecule has 18 heteroatoms. The van der Waals surface area contributed by atoms with E-state index in [4.69, 9.17) is 19.9 Å². The number of carboxylic acids is 2. The zero-order valence-corrected chi connectivity index (χ0v) is 53.8. The van der Waals surface area contributed by atoms with Gasteiger partial charge in [-0.2, -0.15) is 0 Å². The maximum absolute atomic E-state index is 14.2. The predicted octanol–water partition coefficient (Wildman–Crippen LogP) is 14.5. The van der Waals surface area contributed by atoms with Gasteiger partial charge in [-0.05, 0) is 201 Å². The molecule has 0 radical (unpaired) electrons. The van der Waals surface area contributed by atoms with E-state index in [9.17, 15) is 43.8 Å². The molecule has 2 aromatic heterocycles. The summed E-state index contributed by atoms with van der Waals surface area (Å²) in [6.07, 6.45) is 10.5. The summed E-state index contributed by atoms with van der Waals surface area (Å²) in [6.45, 7) is 29.1.